The molecule has 1 atom stereocenters. The standard InChI is InChI=1S/C31H34O7S/c1-3-37-31(34)25-10-8-11-27(22-25)39(35)28-17-18-29(24(21-28)14-19-30(32)33)38-20-7-5-4-6-9-23-12-15-26(36-2)16-13-23/h6,8-13,15-18,21-22H,3-5,7,14,19-20H2,1-2H3,(H,32,33)/b9-6+. The fourth-order valence-corrected chi connectivity index (χ4v) is 4.97. The molecule has 0 saturated heterocycles. The average molecular weight is 551 g/mol. The van der Waals surface area contributed by atoms with Crippen LogP contribution in [-0.4, -0.2) is 41.6 Å². The van der Waals surface area contributed by atoms with Gasteiger partial charge in [-0.15, -0.1) is 0 Å². The summed E-state index contributed by atoms with van der Waals surface area (Å²) >= 11 is 0. The second-order valence-corrected chi connectivity index (χ2v) is 10.2. The normalized spacial score (nSPS) is 11.7. The highest BCUT2D eigenvalue weighted by Crippen LogP contribution is 2.27. The number of hydrogen-bond donors (Lipinski definition) is 1. The Kier molecular flexibility index (Phi) is 11.8. The maximum atomic E-state index is 13.3. The number of carboxylic acid groups (broad SMARTS) is 1. The van der Waals surface area contributed by atoms with Crippen molar-refractivity contribution in [3.05, 3.63) is 89.5 Å². The Hall–Kier alpha value is -3.91. The summed E-state index contributed by atoms with van der Waals surface area (Å²) in [7, 11) is 0.0800. The van der Waals surface area contributed by atoms with E-state index in [0.717, 1.165) is 30.6 Å². The largest absolute Gasteiger partial charge is 0.497 e. The zero-order chi connectivity index (χ0) is 28.0. The summed E-state index contributed by atoms with van der Waals surface area (Å²) in [5, 5.41) is 9.20. The number of esters is 1. The van der Waals surface area contributed by atoms with E-state index in [1.54, 1.807) is 56.5 Å². The minimum absolute atomic E-state index is 0.0685. The van der Waals surface area contributed by atoms with E-state index < -0.39 is 22.7 Å². The van der Waals surface area contributed by atoms with Crippen LogP contribution in [0.4, 0.5) is 0 Å². The molecule has 1 N–H and O–H groups in total. The molecule has 0 saturated carbocycles. The van der Waals surface area contributed by atoms with Crippen LogP contribution >= 0.6 is 0 Å². The van der Waals surface area contributed by atoms with Crippen LogP contribution in [0.5, 0.6) is 11.5 Å². The highest BCUT2D eigenvalue weighted by atomic mass is 32.2. The van der Waals surface area contributed by atoms with Crippen molar-refractivity contribution in [2.75, 3.05) is 20.3 Å². The number of rotatable bonds is 15. The fraction of sp³-hybridized carbons (Fsp3) is 0.290. The Morgan fingerprint density at radius 2 is 1.74 bits per heavy atom. The second kappa shape index (κ2) is 15.5. The van der Waals surface area contributed by atoms with Crippen molar-refractivity contribution in [2.24, 2.45) is 0 Å². The van der Waals surface area contributed by atoms with Crippen molar-refractivity contribution < 1.29 is 33.1 Å². The molecule has 39 heavy (non-hydrogen) atoms. The van der Waals surface area contributed by atoms with Crippen LogP contribution in [0.15, 0.2) is 82.6 Å². The Bertz CT molecular complexity index is 1300. The molecular weight excluding hydrogens is 516 g/mol. The highest BCUT2D eigenvalue weighted by molar-refractivity contribution is 7.85. The van der Waals surface area contributed by atoms with Gasteiger partial charge in [-0.3, -0.25) is 4.79 Å². The quantitative estimate of drug-likeness (QED) is 0.175. The summed E-state index contributed by atoms with van der Waals surface area (Å²) in [5.41, 5.74) is 2.12. The number of aryl methyl sites for hydroxylation is 1. The molecule has 0 heterocycles. The summed E-state index contributed by atoms with van der Waals surface area (Å²) < 4.78 is 29.5. The third-order valence-electron chi connectivity index (χ3n) is 5.86. The van der Waals surface area contributed by atoms with Gasteiger partial charge in [-0.25, -0.2) is 9.00 Å². The molecule has 0 spiro atoms. The van der Waals surface area contributed by atoms with E-state index in [2.05, 4.69) is 12.2 Å². The van der Waals surface area contributed by atoms with Crippen LogP contribution in [0, 0.1) is 0 Å². The smallest absolute Gasteiger partial charge is 0.338 e. The number of carbonyl (C=O) groups is 2. The minimum atomic E-state index is -1.56. The molecule has 3 aromatic carbocycles. The molecule has 0 fully saturated rings. The van der Waals surface area contributed by atoms with Gasteiger partial charge in [-0.05, 0) is 92.3 Å². The van der Waals surface area contributed by atoms with Gasteiger partial charge in [0.05, 0.1) is 36.7 Å². The molecule has 0 amide bonds. The Balaban J connectivity index is 1.60. The van der Waals surface area contributed by atoms with Crippen molar-refractivity contribution in [1.82, 2.24) is 0 Å². The number of benzene rings is 3. The average Bonchev–Trinajstić information content (AvgIpc) is 2.96. The van der Waals surface area contributed by atoms with Crippen LogP contribution in [0.25, 0.3) is 6.08 Å². The first-order chi connectivity index (χ1) is 18.9. The van der Waals surface area contributed by atoms with Gasteiger partial charge < -0.3 is 19.3 Å². The number of allylic oxidation sites excluding steroid dienone is 1. The third kappa shape index (κ3) is 9.41. The molecule has 0 bridgehead atoms. The van der Waals surface area contributed by atoms with Crippen LogP contribution in [0.2, 0.25) is 0 Å². The van der Waals surface area contributed by atoms with E-state index in [-0.39, 0.29) is 19.4 Å². The summed E-state index contributed by atoms with van der Waals surface area (Å²) in [4.78, 5) is 24.3. The van der Waals surface area contributed by atoms with Gasteiger partial charge in [-0.1, -0.05) is 30.4 Å². The van der Waals surface area contributed by atoms with Crippen molar-refractivity contribution in [2.45, 2.75) is 48.8 Å². The first-order valence-electron chi connectivity index (χ1n) is 12.9. The number of hydrogen-bond acceptors (Lipinski definition) is 6. The number of aliphatic carboxylic acids is 1. The summed E-state index contributed by atoms with van der Waals surface area (Å²) in [6.07, 6.45) is 7.07. The van der Waals surface area contributed by atoms with Crippen LogP contribution < -0.4 is 9.47 Å². The first-order valence-corrected chi connectivity index (χ1v) is 14.0. The number of methoxy groups -OCH3 is 1. The molecule has 206 valence electrons. The molecular formula is C31H34O7S. The zero-order valence-corrected chi connectivity index (χ0v) is 23.1. The van der Waals surface area contributed by atoms with Gasteiger partial charge >= 0.3 is 11.9 Å². The Morgan fingerprint density at radius 3 is 2.46 bits per heavy atom. The van der Waals surface area contributed by atoms with Crippen molar-refractivity contribution >= 4 is 28.8 Å². The number of carboxylic acids is 1. The lowest BCUT2D eigenvalue weighted by Crippen LogP contribution is -2.06. The van der Waals surface area contributed by atoms with E-state index in [1.165, 1.54) is 0 Å². The van der Waals surface area contributed by atoms with Crippen molar-refractivity contribution in [1.29, 1.82) is 0 Å². The van der Waals surface area contributed by atoms with Gasteiger partial charge in [0.2, 0.25) is 0 Å². The van der Waals surface area contributed by atoms with Crippen LogP contribution in [0.3, 0.4) is 0 Å². The lowest BCUT2D eigenvalue weighted by Gasteiger charge is -2.13. The maximum Gasteiger partial charge on any atom is 0.338 e. The first kappa shape index (κ1) is 29.6. The summed E-state index contributed by atoms with van der Waals surface area (Å²) in [6.45, 7) is 2.46. The van der Waals surface area contributed by atoms with E-state index in [1.807, 2.05) is 24.3 Å². The number of ether oxygens (including phenoxy) is 3. The molecule has 7 nitrogen and oxygen atoms in total. The van der Waals surface area contributed by atoms with Gasteiger partial charge in [0.15, 0.2) is 0 Å². The SMILES string of the molecule is CCOC(=O)c1cccc(S(=O)c2ccc(OCCCC/C=C/c3ccc(OC)cc3)c(CCC(=O)O)c2)c1. The Labute approximate surface area is 231 Å². The monoisotopic (exact) mass is 550 g/mol. The van der Waals surface area contributed by atoms with Gasteiger partial charge in [0.25, 0.3) is 0 Å². The molecule has 0 aromatic heterocycles. The van der Waals surface area contributed by atoms with Gasteiger partial charge in [-0.2, -0.15) is 0 Å². The minimum Gasteiger partial charge on any atom is -0.497 e. The molecule has 1 unspecified atom stereocenters. The predicted molar refractivity (Wildman–Crippen MR) is 151 cm³/mol. The zero-order valence-electron chi connectivity index (χ0n) is 22.3. The van der Waals surface area contributed by atoms with E-state index in [4.69, 9.17) is 14.2 Å². The Morgan fingerprint density at radius 1 is 0.974 bits per heavy atom. The molecule has 0 aliphatic heterocycles. The van der Waals surface area contributed by atoms with Gasteiger partial charge in [0.1, 0.15) is 11.5 Å². The predicted octanol–water partition coefficient (Wildman–Crippen LogP) is 6.32. The third-order valence-corrected chi connectivity index (χ3v) is 7.23. The summed E-state index contributed by atoms with van der Waals surface area (Å²) in [5.74, 6) is 0.0253. The highest BCUT2D eigenvalue weighted by Gasteiger charge is 2.15. The van der Waals surface area contributed by atoms with E-state index >= 15 is 0 Å². The number of unbranched alkanes of at least 4 members (excludes halogenated alkanes) is 2. The van der Waals surface area contributed by atoms with Crippen molar-refractivity contribution in [3.63, 3.8) is 0 Å². The molecule has 8 heteroatoms. The molecule has 0 aliphatic rings. The molecule has 3 rings (SSSR count). The van der Waals surface area contributed by atoms with E-state index in [9.17, 15) is 18.9 Å². The van der Waals surface area contributed by atoms with E-state index in [0.29, 0.717) is 33.3 Å². The van der Waals surface area contributed by atoms with Crippen LogP contribution in [-0.2, 0) is 26.8 Å². The number of carbonyl (C=O) groups excluding carboxylic acids is 1. The molecule has 3 aromatic rings. The topological polar surface area (TPSA) is 99.1 Å². The van der Waals surface area contributed by atoms with Crippen molar-refractivity contribution in [3.8, 4) is 11.5 Å². The lowest BCUT2D eigenvalue weighted by atomic mass is 10.1. The fourth-order valence-electron chi connectivity index (χ4n) is 3.82. The van der Waals surface area contributed by atoms with Gasteiger partial charge in [0, 0.05) is 16.2 Å². The van der Waals surface area contributed by atoms with Crippen LogP contribution in [0.1, 0.15) is 54.1 Å². The molecule has 0 radical (unpaired) electrons. The molecule has 0 aliphatic carbocycles. The lowest BCUT2D eigenvalue weighted by molar-refractivity contribution is -0.136. The summed E-state index contributed by atoms with van der Waals surface area (Å²) in [6, 6.07) is 19.6. The second-order valence-electron chi connectivity index (χ2n) is 8.70. The maximum absolute atomic E-state index is 13.3.